The topological polar surface area (TPSA) is 26.3 Å². The molecular formula is C9H7BrO2. The fourth-order valence-corrected chi connectivity index (χ4v) is 1.67. The molecule has 0 saturated heterocycles. The van der Waals surface area contributed by atoms with Crippen molar-refractivity contribution in [3.63, 3.8) is 0 Å². The molecule has 0 bridgehead atoms. The highest BCUT2D eigenvalue weighted by Crippen LogP contribution is 2.21. The van der Waals surface area contributed by atoms with Crippen LogP contribution < -0.4 is 0 Å². The number of halogens is 1. The molecule has 2 nitrogen and oxygen atoms in total. The highest BCUT2D eigenvalue weighted by molar-refractivity contribution is 9.10. The quantitative estimate of drug-likeness (QED) is 0.634. The van der Waals surface area contributed by atoms with Gasteiger partial charge in [-0.3, -0.25) is 4.79 Å². The smallest absolute Gasteiger partial charge is 0.310 e. The maximum Gasteiger partial charge on any atom is 0.310 e. The molecule has 0 atom stereocenters. The van der Waals surface area contributed by atoms with Crippen LogP contribution in [0.3, 0.4) is 0 Å². The predicted octanol–water partition coefficient (Wildman–Crippen LogP) is 2.05. The van der Waals surface area contributed by atoms with Crippen LogP contribution in [-0.4, -0.2) is 5.97 Å². The Hall–Kier alpha value is -0.830. The summed E-state index contributed by atoms with van der Waals surface area (Å²) in [6, 6.07) is 5.89. The number of carbonyl (C=O) groups is 1. The van der Waals surface area contributed by atoms with E-state index < -0.39 is 0 Å². The van der Waals surface area contributed by atoms with Crippen LogP contribution in [0.4, 0.5) is 0 Å². The van der Waals surface area contributed by atoms with E-state index in [0.717, 1.165) is 15.6 Å². The Labute approximate surface area is 78.7 Å². The lowest BCUT2D eigenvalue weighted by molar-refractivity contribution is -0.145. The van der Waals surface area contributed by atoms with Crippen LogP contribution in [0.2, 0.25) is 0 Å². The van der Waals surface area contributed by atoms with Crippen molar-refractivity contribution in [2.24, 2.45) is 0 Å². The average Bonchev–Trinajstić information content (AvgIpc) is 2.05. The molecule has 0 spiro atoms. The second-order valence-electron chi connectivity index (χ2n) is 2.75. The lowest BCUT2D eigenvalue weighted by atomic mass is 10.0. The molecule has 1 heterocycles. The summed E-state index contributed by atoms with van der Waals surface area (Å²) in [6.45, 7) is 0.410. The highest BCUT2D eigenvalue weighted by atomic mass is 79.9. The molecule has 1 aliphatic rings. The Kier molecular flexibility index (Phi) is 1.89. The number of carbonyl (C=O) groups excluding carboxylic acids is 1. The van der Waals surface area contributed by atoms with Gasteiger partial charge in [-0.2, -0.15) is 0 Å². The van der Waals surface area contributed by atoms with Crippen LogP contribution >= 0.6 is 15.9 Å². The molecule has 0 N–H and O–H groups in total. The van der Waals surface area contributed by atoms with Crippen molar-refractivity contribution in [3.8, 4) is 0 Å². The van der Waals surface area contributed by atoms with Crippen LogP contribution in [0.1, 0.15) is 11.1 Å². The van der Waals surface area contributed by atoms with Gasteiger partial charge in [0.25, 0.3) is 0 Å². The summed E-state index contributed by atoms with van der Waals surface area (Å²) in [5.74, 6) is -0.134. The Morgan fingerprint density at radius 2 is 2.17 bits per heavy atom. The molecular weight excluding hydrogens is 220 g/mol. The van der Waals surface area contributed by atoms with Crippen LogP contribution in [0.25, 0.3) is 0 Å². The van der Waals surface area contributed by atoms with E-state index >= 15 is 0 Å². The summed E-state index contributed by atoms with van der Waals surface area (Å²) in [4.78, 5) is 10.9. The number of hydrogen-bond donors (Lipinski definition) is 0. The zero-order chi connectivity index (χ0) is 8.55. The van der Waals surface area contributed by atoms with Gasteiger partial charge in [-0.25, -0.2) is 0 Å². The molecule has 3 heteroatoms. The first-order chi connectivity index (χ1) is 5.75. The van der Waals surface area contributed by atoms with Gasteiger partial charge < -0.3 is 4.74 Å². The summed E-state index contributed by atoms with van der Waals surface area (Å²) in [7, 11) is 0. The summed E-state index contributed by atoms with van der Waals surface area (Å²) < 4.78 is 5.93. The number of rotatable bonds is 0. The van der Waals surface area contributed by atoms with E-state index in [1.807, 2.05) is 18.2 Å². The maximum absolute atomic E-state index is 10.9. The molecule has 0 radical (unpaired) electrons. The third-order valence-electron chi connectivity index (χ3n) is 1.89. The van der Waals surface area contributed by atoms with E-state index in [9.17, 15) is 4.79 Å². The molecule has 0 unspecified atom stereocenters. The van der Waals surface area contributed by atoms with Gasteiger partial charge in [0, 0.05) is 4.47 Å². The third kappa shape index (κ3) is 1.37. The van der Waals surface area contributed by atoms with Crippen molar-refractivity contribution in [2.75, 3.05) is 0 Å². The summed E-state index contributed by atoms with van der Waals surface area (Å²) in [5, 5.41) is 0. The number of benzene rings is 1. The second-order valence-corrected chi connectivity index (χ2v) is 3.67. The molecule has 62 valence electrons. The third-order valence-corrected chi connectivity index (χ3v) is 2.39. The van der Waals surface area contributed by atoms with Crippen molar-refractivity contribution in [1.82, 2.24) is 0 Å². The second kappa shape index (κ2) is 2.90. The molecule has 0 saturated carbocycles. The molecule has 1 aromatic carbocycles. The van der Waals surface area contributed by atoms with Crippen molar-refractivity contribution in [1.29, 1.82) is 0 Å². The largest absolute Gasteiger partial charge is 0.461 e. The zero-order valence-electron chi connectivity index (χ0n) is 6.34. The Balaban J connectivity index is 2.43. The van der Waals surface area contributed by atoms with Crippen molar-refractivity contribution < 1.29 is 9.53 Å². The average molecular weight is 227 g/mol. The summed E-state index contributed by atoms with van der Waals surface area (Å²) in [5.41, 5.74) is 2.18. The summed E-state index contributed by atoms with van der Waals surface area (Å²) >= 11 is 3.37. The SMILES string of the molecule is O=C1Cc2ccc(Br)cc2CO1. The normalized spacial score (nSPS) is 15.2. The predicted molar refractivity (Wildman–Crippen MR) is 47.6 cm³/mol. The molecule has 12 heavy (non-hydrogen) atoms. The van der Waals surface area contributed by atoms with Crippen LogP contribution in [-0.2, 0) is 22.6 Å². The first-order valence-corrected chi connectivity index (χ1v) is 4.48. The van der Waals surface area contributed by atoms with Gasteiger partial charge in [-0.1, -0.05) is 22.0 Å². The van der Waals surface area contributed by atoms with E-state index in [1.54, 1.807) is 0 Å². The highest BCUT2D eigenvalue weighted by Gasteiger charge is 2.15. The number of cyclic esters (lactones) is 1. The van der Waals surface area contributed by atoms with Crippen LogP contribution in [0.15, 0.2) is 22.7 Å². The van der Waals surface area contributed by atoms with Gasteiger partial charge in [0.05, 0.1) is 6.42 Å². The Bertz CT molecular complexity index is 333. The van der Waals surface area contributed by atoms with Crippen molar-refractivity contribution >= 4 is 21.9 Å². The molecule has 0 aromatic heterocycles. The van der Waals surface area contributed by atoms with Gasteiger partial charge in [-0.05, 0) is 23.3 Å². The molecule has 0 fully saturated rings. The first-order valence-electron chi connectivity index (χ1n) is 3.68. The molecule has 1 aliphatic heterocycles. The Morgan fingerprint density at radius 1 is 1.33 bits per heavy atom. The molecule has 0 amide bonds. The number of fused-ring (bicyclic) bond motifs is 1. The van der Waals surface area contributed by atoms with Gasteiger partial charge in [-0.15, -0.1) is 0 Å². The minimum absolute atomic E-state index is 0.134. The first kappa shape index (κ1) is 7.80. The van der Waals surface area contributed by atoms with E-state index in [-0.39, 0.29) is 5.97 Å². The van der Waals surface area contributed by atoms with E-state index in [0.29, 0.717) is 13.0 Å². The minimum atomic E-state index is -0.134. The molecule has 1 aromatic rings. The molecule has 2 rings (SSSR count). The molecule has 0 aliphatic carbocycles. The van der Waals surface area contributed by atoms with Crippen molar-refractivity contribution in [3.05, 3.63) is 33.8 Å². The summed E-state index contributed by atoms with van der Waals surface area (Å²) in [6.07, 6.45) is 0.405. The fourth-order valence-electron chi connectivity index (χ4n) is 1.27. The maximum atomic E-state index is 10.9. The zero-order valence-corrected chi connectivity index (χ0v) is 7.93. The number of ether oxygens (including phenoxy) is 1. The number of esters is 1. The van der Waals surface area contributed by atoms with E-state index in [2.05, 4.69) is 15.9 Å². The Morgan fingerprint density at radius 3 is 3.00 bits per heavy atom. The lowest BCUT2D eigenvalue weighted by Gasteiger charge is -2.15. The lowest BCUT2D eigenvalue weighted by Crippen LogP contribution is -2.15. The van der Waals surface area contributed by atoms with Crippen LogP contribution in [0, 0.1) is 0 Å². The minimum Gasteiger partial charge on any atom is -0.461 e. The van der Waals surface area contributed by atoms with Crippen molar-refractivity contribution in [2.45, 2.75) is 13.0 Å². The van der Waals surface area contributed by atoms with Gasteiger partial charge in [0.2, 0.25) is 0 Å². The van der Waals surface area contributed by atoms with Gasteiger partial charge in [0.1, 0.15) is 6.61 Å². The van der Waals surface area contributed by atoms with E-state index in [1.165, 1.54) is 0 Å². The van der Waals surface area contributed by atoms with Crippen LogP contribution in [0.5, 0.6) is 0 Å². The monoisotopic (exact) mass is 226 g/mol. The fraction of sp³-hybridized carbons (Fsp3) is 0.222. The van der Waals surface area contributed by atoms with Gasteiger partial charge in [0.15, 0.2) is 0 Å². The van der Waals surface area contributed by atoms with E-state index in [4.69, 9.17) is 4.74 Å². The number of hydrogen-bond acceptors (Lipinski definition) is 2. The standard InChI is InChI=1S/C9H7BrO2/c10-8-2-1-6-4-9(11)12-5-7(6)3-8/h1-3H,4-5H2. The van der Waals surface area contributed by atoms with Gasteiger partial charge >= 0.3 is 5.97 Å².